The summed E-state index contributed by atoms with van der Waals surface area (Å²) in [5.41, 5.74) is 2.55. The van der Waals surface area contributed by atoms with E-state index in [1.807, 2.05) is 19.1 Å². The van der Waals surface area contributed by atoms with Gasteiger partial charge in [0.1, 0.15) is 24.3 Å². The second-order valence-corrected chi connectivity index (χ2v) is 7.01. The first-order chi connectivity index (χ1) is 13.6. The number of rotatable bonds is 6. The average molecular weight is 384 g/mol. The number of aryl methyl sites for hydroxylation is 1. The summed E-state index contributed by atoms with van der Waals surface area (Å²) in [4.78, 5) is 23.0. The van der Waals surface area contributed by atoms with E-state index in [0.717, 1.165) is 43.0 Å². The third-order valence-corrected chi connectivity index (χ3v) is 5.02. The normalized spacial score (nSPS) is 16.6. The fourth-order valence-corrected chi connectivity index (χ4v) is 3.60. The highest BCUT2D eigenvalue weighted by Crippen LogP contribution is 2.27. The molecule has 0 atom stereocenters. The molecule has 0 aliphatic carbocycles. The molecule has 0 saturated carbocycles. The van der Waals surface area contributed by atoms with Crippen LogP contribution < -0.4 is 19.7 Å². The molecule has 4 heterocycles. The van der Waals surface area contributed by atoms with Crippen LogP contribution >= 0.6 is 0 Å². The molecule has 0 bridgehead atoms. The molecule has 2 aliphatic heterocycles. The van der Waals surface area contributed by atoms with Gasteiger partial charge in [-0.3, -0.25) is 4.79 Å². The number of aromatic nitrogens is 2. The van der Waals surface area contributed by atoms with Crippen molar-refractivity contribution in [2.75, 3.05) is 31.2 Å². The van der Waals surface area contributed by atoms with Crippen molar-refractivity contribution in [3.63, 3.8) is 0 Å². The summed E-state index contributed by atoms with van der Waals surface area (Å²) in [5, 5.41) is 11.6. The zero-order chi connectivity index (χ0) is 19.5. The second-order valence-electron chi connectivity index (χ2n) is 7.01. The van der Waals surface area contributed by atoms with Gasteiger partial charge in [-0.05, 0) is 24.6 Å². The maximum absolute atomic E-state index is 11.8. The molecule has 1 saturated heterocycles. The van der Waals surface area contributed by atoms with E-state index in [1.165, 1.54) is 0 Å². The first-order valence-corrected chi connectivity index (χ1v) is 9.54. The Balaban J connectivity index is 1.34. The fourth-order valence-electron chi connectivity index (χ4n) is 3.60. The summed E-state index contributed by atoms with van der Waals surface area (Å²) >= 11 is 0. The average Bonchev–Trinajstić information content (AvgIpc) is 3.07. The molecule has 1 fully saturated rings. The molecule has 0 aromatic carbocycles. The van der Waals surface area contributed by atoms with E-state index in [0.29, 0.717) is 23.7 Å². The molecule has 2 aromatic heterocycles. The minimum absolute atomic E-state index is 0.0364. The lowest BCUT2D eigenvalue weighted by Crippen LogP contribution is -2.39. The van der Waals surface area contributed by atoms with Crippen LogP contribution in [0.5, 0.6) is 11.6 Å². The predicted octanol–water partition coefficient (Wildman–Crippen LogP) is 1.45. The van der Waals surface area contributed by atoms with Crippen LogP contribution in [0.3, 0.4) is 0 Å². The number of fused-ring (bicyclic) bond motifs is 1. The number of carbonyl (C=O) groups is 1. The molecule has 0 spiro atoms. The number of nitrogens with one attached hydrogen (secondary N) is 1. The Morgan fingerprint density at radius 1 is 1.32 bits per heavy atom. The van der Waals surface area contributed by atoms with Gasteiger partial charge in [0.15, 0.2) is 0 Å². The quantitative estimate of drug-likeness (QED) is 0.778. The Kier molecular flexibility index (Phi) is 5.29. The highest BCUT2D eigenvalue weighted by atomic mass is 16.5. The number of amides is 1. The van der Waals surface area contributed by atoms with Crippen LogP contribution in [-0.2, 0) is 6.54 Å². The van der Waals surface area contributed by atoms with E-state index in [-0.39, 0.29) is 25.2 Å². The third kappa shape index (κ3) is 3.87. The topological polar surface area (TPSA) is 96.8 Å². The maximum atomic E-state index is 11.8. The Bertz CT molecular complexity index is 848. The Hall–Kier alpha value is -2.87. The number of pyridine rings is 2. The number of hydrogen-bond donors (Lipinski definition) is 2. The van der Waals surface area contributed by atoms with Crippen LogP contribution in [0, 0.1) is 6.92 Å². The summed E-state index contributed by atoms with van der Waals surface area (Å²) in [6.45, 7) is 4.40. The van der Waals surface area contributed by atoms with Gasteiger partial charge in [-0.15, -0.1) is 0 Å². The van der Waals surface area contributed by atoms with Crippen molar-refractivity contribution in [3.05, 3.63) is 41.2 Å². The molecule has 0 unspecified atom stereocenters. The minimum atomic E-state index is -0.0378. The number of nitrogens with zero attached hydrogens (tertiary/aromatic N) is 3. The SMILES string of the molecule is Cc1cc2c(nc1N1CCC(Oc3ccc(OCCO)nc3)CC1)CNC2=O. The Morgan fingerprint density at radius 3 is 2.86 bits per heavy atom. The van der Waals surface area contributed by atoms with Crippen LogP contribution in [-0.4, -0.2) is 53.4 Å². The lowest BCUT2D eigenvalue weighted by atomic mass is 10.1. The van der Waals surface area contributed by atoms with Crippen molar-refractivity contribution in [2.45, 2.75) is 32.4 Å². The molecule has 148 valence electrons. The first kappa shape index (κ1) is 18.5. The monoisotopic (exact) mass is 384 g/mol. The zero-order valence-electron chi connectivity index (χ0n) is 15.9. The summed E-state index contributed by atoms with van der Waals surface area (Å²) in [6.07, 6.45) is 3.55. The van der Waals surface area contributed by atoms with Gasteiger partial charge >= 0.3 is 0 Å². The maximum Gasteiger partial charge on any atom is 0.253 e. The summed E-state index contributed by atoms with van der Waals surface area (Å²) in [5.74, 6) is 2.11. The summed E-state index contributed by atoms with van der Waals surface area (Å²) in [7, 11) is 0. The van der Waals surface area contributed by atoms with Crippen molar-refractivity contribution >= 4 is 11.7 Å². The van der Waals surface area contributed by atoms with E-state index in [9.17, 15) is 4.79 Å². The molecule has 2 N–H and O–H groups in total. The largest absolute Gasteiger partial charge is 0.489 e. The second kappa shape index (κ2) is 8.02. The number of ether oxygens (including phenoxy) is 2. The van der Waals surface area contributed by atoms with Crippen molar-refractivity contribution in [1.82, 2.24) is 15.3 Å². The van der Waals surface area contributed by atoms with Crippen LogP contribution in [0.15, 0.2) is 24.4 Å². The van der Waals surface area contributed by atoms with Gasteiger partial charge in [-0.1, -0.05) is 0 Å². The molecule has 8 nitrogen and oxygen atoms in total. The molecular formula is C20H24N4O4. The highest BCUT2D eigenvalue weighted by molar-refractivity contribution is 5.98. The number of aliphatic hydroxyl groups excluding tert-OH is 1. The number of aliphatic hydroxyl groups is 1. The summed E-state index contributed by atoms with van der Waals surface area (Å²) < 4.78 is 11.3. The van der Waals surface area contributed by atoms with Crippen molar-refractivity contribution in [2.24, 2.45) is 0 Å². The molecule has 0 radical (unpaired) electrons. The van der Waals surface area contributed by atoms with Crippen molar-refractivity contribution in [3.8, 4) is 11.6 Å². The van der Waals surface area contributed by atoms with Gasteiger partial charge in [-0.2, -0.15) is 0 Å². The van der Waals surface area contributed by atoms with Crippen LogP contribution in [0.25, 0.3) is 0 Å². The lowest BCUT2D eigenvalue weighted by Gasteiger charge is -2.33. The van der Waals surface area contributed by atoms with Gasteiger partial charge in [0.2, 0.25) is 5.88 Å². The fraction of sp³-hybridized carbons (Fsp3) is 0.450. The van der Waals surface area contributed by atoms with E-state index in [1.54, 1.807) is 12.3 Å². The standard InChI is InChI=1S/C20H24N4O4/c1-13-10-16-17(12-22-20(16)26)23-19(13)24-6-4-14(5-7-24)28-15-2-3-18(21-11-15)27-9-8-25/h2-3,10-11,14,25H,4-9,12H2,1H3,(H,22,26). The highest BCUT2D eigenvalue weighted by Gasteiger charge is 2.26. The van der Waals surface area contributed by atoms with Crippen LogP contribution in [0.2, 0.25) is 0 Å². The van der Waals surface area contributed by atoms with Gasteiger partial charge < -0.3 is 24.8 Å². The van der Waals surface area contributed by atoms with E-state index >= 15 is 0 Å². The lowest BCUT2D eigenvalue weighted by molar-refractivity contribution is 0.0965. The third-order valence-electron chi connectivity index (χ3n) is 5.02. The molecule has 2 aromatic rings. The number of anilines is 1. The Morgan fingerprint density at radius 2 is 2.14 bits per heavy atom. The zero-order valence-corrected chi connectivity index (χ0v) is 15.9. The number of piperidine rings is 1. The molecule has 4 rings (SSSR count). The molecular weight excluding hydrogens is 360 g/mol. The molecule has 1 amide bonds. The van der Waals surface area contributed by atoms with Crippen LogP contribution in [0.1, 0.15) is 34.5 Å². The van der Waals surface area contributed by atoms with Gasteiger partial charge in [0.05, 0.1) is 30.6 Å². The van der Waals surface area contributed by atoms with E-state index in [4.69, 9.17) is 19.6 Å². The number of hydrogen-bond acceptors (Lipinski definition) is 7. The van der Waals surface area contributed by atoms with Crippen molar-refractivity contribution in [1.29, 1.82) is 0 Å². The minimum Gasteiger partial charge on any atom is -0.489 e. The number of carbonyl (C=O) groups excluding carboxylic acids is 1. The van der Waals surface area contributed by atoms with Gasteiger partial charge in [0, 0.05) is 32.0 Å². The van der Waals surface area contributed by atoms with Crippen molar-refractivity contribution < 1.29 is 19.4 Å². The van der Waals surface area contributed by atoms with E-state index in [2.05, 4.69) is 15.2 Å². The molecule has 28 heavy (non-hydrogen) atoms. The van der Waals surface area contributed by atoms with Crippen LogP contribution in [0.4, 0.5) is 5.82 Å². The predicted molar refractivity (Wildman–Crippen MR) is 103 cm³/mol. The van der Waals surface area contributed by atoms with Gasteiger partial charge in [-0.25, -0.2) is 9.97 Å². The molecule has 2 aliphatic rings. The summed E-state index contributed by atoms with van der Waals surface area (Å²) in [6, 6.07) is 5.52. The first-order valence-electron chi connectivity index (χ1n) is 9.54. The smallest absolute Gasteiger partial charge is 0.253 e. The molecule has 8 heteroatoms. The van der Waals surface area contributed by atoms with E-state index < -0.39 is 0 Å². The Labute approximate surface area is 163 Å². The van der Waals surface area contributed by atoms with Gasteiger partial charge in [0.25, 0.3) is 5.91 Å².